The van der Waals surface area contributed by atoms with Crippen molar-refractivity contribution in [1.82, 2.24) is 0 Å². The monoisotopic (exact) mass is 260 g/mol. The predicted molar refractivity (Wildman–Crippen MR) is 66.9 cm³/mol. The van der Waals surface area contributed by atoms with Gasteiger partial charge in [0.25, 0.3) is 0 Å². The Balaban J connectivity index is 1.82. The fourth-order valence-corrected chi connectivity index (χ4v) is 1.88. The third-order valence-corrected chi connectivity index (χ3v) is 2.84. The molecule has 0 atom stereocenters. The summed E-state index contributed by atoms with van der Waals surface area (Å²) >= 11 is 0. The fourth-order valence-electron chi connectivity index (χ4n) is 1.88. The Kier molecular flexibility index (Phi) is 2.91. The van der Waals surface area contributed by atoms with Crippen molar-refractivity contribution in [2.45, 2.75) is 6.61 Å². The molecule has 0 bridgehead atoms. The number of hydrogen-bond acceptors (Lipinski definition) is 2. The van der Waals surface area contributed by atoms with E-state index in [1.54, 1.807) is 12.1 Å². The van der Waals surface area contributed by atoms with Gasteiger partial charge < -0.3 is 9.15 Å². The van der Waals surface area contributed by atoms with Gasteiger partial charge in [-0.15, -0.1) is 0 Å². The summed E-state index contributed by atoms with van der Waals surface area (Å²) in [6.45, 7) is 0.238. The predicted octanol–water partition coefficient (Wildman–Crippen LogP) is 4.29. The summed E-state index contributed by atoms with van der Waals surface area (Å²) in [5.74, 6) is -0.166. The molecule has 2 aromatic carbocycles. The van der Waals surface area contributed by atoms with Gasteiger partial charge in [0.2, 0.25) is 0 Å². The van der Waals surface area contributed by atoms with Gasteiger partial charge in [0.15, 0.2) is 11.4 Å². The highest BCUT2D eigenvalue weighted by molar-refractivity contribution is 5.81. The molecule has 3 rings (SSSR count). The first kappa shape index (κ1) is 11.7. The van der Waals surface area contributed by atoms with Crippen LogP contribution in [0.1, 0.15) is 5.56 Å². The SMILES string of the molecule is Fc1ccc(OCc2coc3c(F)cccc23)cc1. The molecule has 0 saturated carbocycles. The van der Waals surface area contributed by atoms with Gasteiger partial charge in [-0.3, -0.25) is 0 Å². The van der Waals surface area contributed by atoms with Crippen LogP contribution in [0.3, 0.4) is 0 Å². The highest BCUT2D eigenvalue weighted by Crippen LogP contribution is 2.24. The van der Waals surface area contributed by atoms with Gasteiger partial charge in [0, 0.05) is 10.9 Å². The van der Waals surface area contributed by atoms with Crippen molar-refractivity contribution >= 4 is 11.0 Å². The average molecular weight is 260 g/mol. The van der Waals surface area contributed by atoms with Gasteiger partial charge in [0.05, 0.1) is 6.26 Å². The topological polar surface area (TPSA) is 22.4 Å². The molecule has 0 unspecified atom stereocenters. The van der Waals surface area contributed by atoms with E-state index in [4.69, 9.17) is 9.15 Å². The van der Waals surface area contributed by atoms with Gasteiger partial charge in [-0.05, 0) is 30.3 Å². The van der Waals surface area contributed by atoms with Crippen molar-refractivity contribution in [2.24, 2.45) is 0 Å². The lowest BCUT2D eigenvalue weighted by atomic mass is 10.2. The third kappa shape index (κ3) is 2.29. The van der Waals surface area contributed by atoms with Crippen molar-refractivity contribution in [3.8, 4) is 5.75 Å². The van der Waals surface area contributed by atoms with Crippen LogP contribution in [0.5, 0.6) is 5.75 Å². The smallest absolute Gasteiger partial charge is 0.169 e. The van der Waals surface area contributed by atoms with Crippen LogP contribution in [0.4, 0.5) is 8.78 Å². The highest BCUT2D eigenvalue weighted by atomic mass is 19.1. The van der Waals surface area contributed by atoms with E-state index in [1.165, 1.54) is 36.6 Å². The summed E-state index contributed by atoms with van der Waals surface area (Å²) < 4.78 is 36.8. The number of furan rings is 1. The molecule has 4 heteroatoms. The Morgan fingerprint density at radius 2 is 1.79 bits per heavy atom. The minimum absolute atomic E-state index is 0.222. The van der Waals surface area contributed by atoms with Crippen molar-refractivity contribution in [1.29, 1.82) is 0 Å². The number of rotatable bonds is 3. The fraction of sp³-hybridized carbons (Fsp3) is 0.0667. The van der Waals surface area contributed by atoms with E-state index in [1.807, 2.05) is 0 Å². The number of para-hydroxylation sites is 1. The molecule has 3 aromatic rings. The second-order valence-electron chi connectivity index (χ2n) is 4.12. The van der Waals surface area contributed by atoms with Crippen molar-refractivity contribution in [3.63, 3.8) is 0 Å². The minimum Gasteiger partial charge on any atom is -0.489 e. The zero-order chi connectivity index (χ0) is 13.2. The molecule has 0 aliphatic rings. The molecule has 0 N–H and O–H groups in total. The molecular weight excluding hydrogens is 250 g/mol. The van der Waals surface area contributed by atoms with Crippen LogP contribution in [-0.4, -0.2) is 0 Å². The lowest BCUT2D eigenvalue weighted by Gasteiger charge is -2.04. The Hall–Kier alpha value is -2.36. The van der Waals surface area contributed by atoms with Crippen molar-refractivity contribution in [2.75, 3.05) is 0 Å². The third-order valence-electron chi connectivity index (χ3n) is 2.84. The first-order valence-corrected chi connectivity index (χ1v) is 5.77. The molecule has 0 radical (unpaired) electrons. The highest BCUT2D eigenvalue weighted by Gasteiger charge is 2.09. The van der Waals surface area contributed by atoms with Gasteiger partial charge in [-0.1, -0.05) is 12.1 Å². The van der Waals surface area contributed by atoms with E-state index in [-0.39, 0.29) is 18.0 Å². The summed E-state index contributed by atoms with van der Waals surface area (Å²) in [5, 5.41) is 0.683. The van der Waals surface area contributed by atoms with Gasteiger partial charge in [0.1, 0.15) is 18.2 Å². The Morgan fingerprint density at radius 3 is 2.58 bits per heavy atom. The molecule has 1 aromatic heterocycles. The lowest BCUT2D eigenvalue weighted by molar-refractivity contribution is 0.305. The number of hydrogen-bond donors (Lipinski definition) is 0. The quantitative estimate of drug-likeness (QED) is 0.701. The summed E-state index contributed by atoms with van der Waals surface area (Å²) in [6.07, 6.45) is 1.47. The second kappa shape index (κ2) is 4.72. The maximum atomic E-state index is 13.4. The summed E-state index contributed by atoms with van der Waals surface area (Å²) in [4.78, 5) is 0. The van der Waals surface area contributed by atoms with E-state index in [9.17, 15) is 8.78 Å². The molecule has 0 aliphatic heterocycles. The van der Waals surface area contributed by atoms with Gasteiger partial charge in [-0.2, -0.15) is 0 Å². The van der Waals surface area contributed by atoms with E-state index < -0.39 is 5.82 Å². The first-order chi connectivity index (χ1) is 9.24. The molecular formula is C15H10F2O2. The molecule has 2 nitrogen and oxygen atoms in total. The van der Waals surface area contributed by atoms with Crippen LogP contribution in [0.15, 0.2) is 53.1 Å². The summed E-state index contributed by atoms with van der Waals surface area (Å²) in [7, 11) is 0. The summed E-state index contributed by atoms with van der Waals surface area (Å²) in [6, 6.07) is 10.5. The van der Waals surface area contributed by atoms with E-state index in [0.29, 0.717) is 11.1 Å². The largest absolute Gasteiger partial charge is 0.489 e. The molecule has 0 spiro atoms. The lowest BCUT2D eigenvalue weighted by Crippen LogP contribution is -1.94. The van der Waals surface area contributed by atoms with Gasteiger partial charge >= 0.3 is 0 Å². The van der Waals surface area contributed by atoms with Crippen molar-refractivity contribution < 1.29 is 17.9 Å². The van der Waals surface area contributed by atoms with E-state index in [2.05, 4.69) is 0 Å². The maximum absolute atomic E-state index is 13.4. The van der Waals surface area contributed by atoms with Crippen LogP contribution in [0.25, 0.3) is 11.0 Å². The number of fused-ring (bicyclic) bond motifs is 1. The zero-order valence-corrected chi connectivity index (χ0v) is 9.90. The molecule has 0 amide bonds. The second-order valence-corrected chi connectivity index (χ2v) is 4.12. The standard InChI is InChI=1S/C15H10F2O2/c16-11-4-6-12(7-5-11)18-8-10-9-19-15-13(10)2-1-3-14(15)17/h1-7,9H,8H2. The first-order valence-electron chi connectivity index (χ1n) is 5.77. The van der Waals surface area contributed by atoms with Crippen LogP contribution < -0.4 is 4.74 Å². The maximum Gasteiger partial charge on any atom is 0.169 e. The van der Waals surface area contributed by atoms with Crippen LogP contribution in [-0.2, 0) is 6.61 Å². The van der Waals surface area contributed by atoms with E-state index in [0.717, 1.165) is 5.56 Å². The average Bonchev–Trinajstić information content (AvgIpc) is 2.83. The van der Waals surface area contributed by atoms with E-state index >= 15 is 0 Å². The zero-order valence-electron chi connectivity index (χ0n) is 9.90. The Bertz CT molecular complexity index is 702. The van der Waals surface area contributed by atoms with Crippen molar-refractivity contribution in [3.05, 3.63) is 65.9 Å². The van der Waals surface area contributed by atoms with Crippen LogP contribution >= 0.6 is 0 Å². The normalized spacial score (nSPS) is 10.8. The molecule has 1 heterocycles. The van der Waals surface area contributed by atoms with Gasteiger partial charge in [-0.25, -0.2) is 8.78 Å². The summed E-state index contributed by atoms with van der Waals surface area (Å²) in [5.41, 5.74) is 0.971. The molecule has 0 aliphatic carbocycles. The Labute approximate surface area is 108 Å². The number of benzene rings is 2. The Morgan fingerprint density at radius 1 is 1.00 bits per heavy atom. The molecule has 0 saturated heterocycles. The van der Waals surface area contributed by atoms with Crippen LogP contribution in [0, 0.1) is 11.6 Å². The molecule has 19 heavy (non-hydrogen) atoms. The molecule has 0 fully saturated rings. The number of ether oxygens (including phenoxy) is 1. The number of halogens is 2. The van der Waals surface area contributed by atoms with Crippen LogP contribution in [0.2, 0.25) is 0 Å². The minimum atomic E-state index is -0.398. The molecule has 96 valence electrons.